The minimum absolute atomic E-state index is 0.0207. The molecule has 0 saturated heterocycles. The van der Waals surface area contributed by atoms with Crippen molar-refractivity contribution in [2.45, 2.75) is 30.7 Å². The number of rotatable bonds is 8. The van der Waals surface area contributed by atoms with Gasteiger partial charge >= 0.3 is 0 Å². The zero-order valence-electron chi connectivity index (χ0n) is 15.8. The van der Waals surface area contributed by atoms with Gasteiger partial charge in [0.15, 0.2) is 5.82 Å². The Labute approximate surface area is 172 Å². The van der Waals surface area contributed by atoms with Crippen molar-refractivity contribution >= 4 is 46.0 Å². The van der Waals surface area contributed by atoms with Gasteiger partial charge in [0, 0.05) is 23.5 Å². The summed E-state index contributed by atoms with van der Waals surface area (Å²) in [5.41, 5.74) is 1.61. The Balaban J connectivity index is 1.18. The number of hydrogen-bond donors (Lipinski definition) is 2. The summed E-state index contributed by atoms with van der Waals surface area (Å²) >= 11 is 1.54. The quantitative estimate of drug-likeness (QED) is 0.434. The lowest BCUT2D eigenvalue weighted by atomic mass is 10.2. The number of carbonyl (C=O) groups is 2. The molecule has 0 aliphatic heterocycles. The average Bonchev–Trinajstić information content (AvgIpc) is 3.58. The van der Waals surface area contributed by atoms with E-state index in [1.165, 1.54) is 11.8 Å². The van der Waals surface area contributed by atoms with Crippen LogP contribution in [0.3, 0.4) is 0 Å². The molecule has 0 unspecified atom stereocenters. The van der Waals surface area contributed by atoms with Crippen LogP contribution in [-0.2, 0) is 9.59 Å². The number of fused-ring (bicyclic) bond motifs is 1. The van der Waals surface area contributed by atoms with Crippen molar-refractivity contribution in [2.75, 3.05) is 16.4 Å². The topological polar surface area (TPSA) is 96.9 Å². The number of pyridine rings is 1. The second-order valence-electron chi connectivity index (χ2n) is 6.94. The summed E-state index contributed by atoms with van der Waals surface area (Å²) in [6, 6.07) is 13.3. The maximum Gasteiger partial charge on any atom is 0.228 e. The van der Waals surface area contributed by atoms with Crippen LogP contribution in [0.25, 0.3) is 10.9 Å². The summed E-state index contributed by atoms with van der Waals surface area (Å²) in [5.74, 6) is 1.36. The van der Waals surface area contributed by atoms with Crippen molar-refractivity contribution in [3.05, 3.63) is 48.7 Å². The normalized spacial score (nSPS) is 13.2. The van der Waals surface area contributed by atoms with Gasteiger partial charge < -0.3 is 10.6 Å². The molecule has 148 valence electrons. The first-order chi connectivity index (χ1) is 14.2. The minimum atomic E-state index is -0.0353. The van der Waals surface area contributed by atoms with E-state index in [9.17, 15) is 9.59 Å². The number of hydrogen-bond acceptors (Lipinski definition) is 6. The molecular weight excluding hydrogens is 386 g/mol. The predicted octanol–water partition coefficient (Wildman–Crippen LogP) is 3.88. The molecule has 3 aromatic rings. The number of aromatic nitrogens is 3. The highest BCUT2D eigenvalue weighted by Gasteiger charge is 2.29. The summed E-state index contributed by atoms with van der Waals surface area (Å²) < 4.78 is 0. The number of benzene rings is 1. The smallest absolute Gasteiger partial charge is 0.228 e. The minimum Gasteiger partial charge on any atom is -0.325 e. The van der Waals surface area contributed by atoms with Crippen LogP contribution in [0.15, 0.2) is 53.7 Å². The fourth-order valence-electron chi connectivity index (χ4n) is 2.81. The van der Waals surface area contributed by atoms with E-state index >= 15 is 0 Å². The summed E-state index contributed by atoms with van der Waals surface area (Å²) in [6.07, 6.45) is 4.73. The third-order valence-electron chi connectivity index (χ3n) is 4.51. The van der Waals surface area contributed by atoms with Crippen LogP contribution in [0.4, 0.5) is 11.5 Å². The number of carbonyl (C=O) groups excluding carboxylic acids is 2. The molecule has 0 spiro atoms. The van der Waals surface area contributed by atoms with E-state index < -0.39 is 0 Å². The van der Waals surface area contributed by atoms with E-state index in [2.05, 4.69) is 25.8 Å². The molecule has 0 atom stereocenters. The lowest BCUT2D eigenvalue weighted by molar-refractivity contribution is -0.117. The van der Waals surface area contributed by atoms with Gasteiger partial charge in [-0.2, -0.15) is 0 Å². The third kappa shape index (κ3) is 5.51. The fourth-order valence-corrected chi connectivity index (χ4v) is 3.57. The molecule has 7 nitrogen and oxygen atoms in total. The first-order valence-corrected chi connectivity index (χ1v) is 10.6. The molecule has 2 aromatic heterocycles. The van der Waals surface area contributed by atoms with Crippen molar-refractivity contribution in [3.8, 4) is 0 Å². The summed E-state index contributed by atoms with van der Waals surface area (Å²) in [6.45, 7) is 0. The molecule has 1 saturated carbocycles. The lowest BCUT2D eigenvalue weighted by Gasteiger charge is -2.06. The van der Waals surface area contributed by atoms with Crippen LogP contribution < -0.4 is 10.6 Å². The van der Waals surface area contributed by atoms with E-state index in [0.717, 1.165) is 40.9 Å². The second kappa shape index (κ2) is 9.00. The maximum absolute atomic E-state index is 12.2. The van der Waals surface area contributed by atoms with E-state index in [0.29, 0.717) is 17.9 Å². The Hall–Kier alpha value is -3.00. The Morgan fingerprint density at radius 3 is 2.72 bits per heavy atom. The summed E-state index contributed by atoms with van der Waals surface area (Å²) in [7, 11) is 0. The molecule has 2 amide bonds. The molecule has 2 N–H and O–H groups in total. The van der Waals surface area contributed by atoms with Gasteiger partial charge in [-0.3, -0.25) is 14.6 Å². The third-order valence-corrected chi connectivity index (χ3v) is 5.52. The first kappa shape index (κ1) is 19.3. The van der Waals surface area contributed by atoms with Gasteiger partial charge in [-0.05, 0) is 43.5 Å². The zero-order chi connectivity index (χ0) is 20.1. The van der Waals surface area contributed by atoms with E-state index in [-0.39, 0.29) is 17.7 Å². The molecule has 8 heteroatoms. The first-order valence-electron chi connectivity index (χ1n) is 9.59. The molecule has 0 radical (unpaired) electrons. The number of nitrogens with zero attached hydrogens (tertiary/aromatic N) is 3. The Bertz CT molecular complexity index is 1020. The number of nitrogens with one attached hydrogen (secondary N) is 2. The van der Waals surface area contributed by atoms with Crippen molar-refractivity contribution < 1.29 is 9.59 Å². The van der Waals surface area contributed by atoms with Gasteiger partial charge in [-0.25, -0.2) is 0 Å². The second-order valence-corrected chi connectivity index (χ2v) is 8.05. The van der Waals surface area contributed by atoms with Gasteiger partial charge in [0.25, 0.3) is 0 Å². The highest BCUT2D eigenvalue weighted by molar-refractivity contribution is 7.99. The van der Waals surface area contributed by atoms with Crippen molar-refractivity contribution in [1.29, 1.82) is 0 Å². The predicted molar refractivity (Wildman–Crippen MR) is 114 cm³/mol. The Kier molecular flexibility index (Phi) is 6.00. The number of anilines is 2. The van der Waals surface area contributed by atoms with Crippen LogP contribution in [0.5, 0.6) is 0 Å². The highest BCUT2D eigenvalue weighted by atomic mass is 32.2. The molecule has 4 rings (SSSR count). The van der Waals surface area contributed by atoms with Crippen molar-refractivity contribution in [1.82, 2.24) is 15.2 Å². The van der Waals surface area contributed by atoms with E-state index in [1.54, 1.807) is 12.3 Å². The number of para-hydroxylation sites is 1. The molecule has 29 heavy (non-hydrogen) atoms. The summed E-state index contributed by atoms with van der Waals surface area (Å²) in [5, 5.41) is 15.6. The van der Waals surface area contributed by atoms with Gasteiger partial charge in [-0.15, -0.1) is 22.0 Å². The highest BCUT2D eigenvalue weighted by Crippen LogP contribution is 2.30. The van der Waals surface area contributed by atoms with E-state index in [1.807, 2.05) is 36.4 Å². The molecule has 1 aliphatic rings. The van der Waals surface area contributed by atoms with Crippen molar-refractivity contribution in [3.63, 3.8) is 0 Å². The van der Waals surface area contributed by atoms with Crippen molar-refractivity contribution in [2.24, 2.45) is 5.92 Å². The fraction of sp³-hybridized carbons (Fsp3) is 0.286. The molecular formula is C21H21N5O2S. The Morgan fingerprint density at radius 2 is 1.93 bits per heavy atom. The van der Waals surface area contributed by atoms with Gasteiger partial charge in [-0.1, -0.05) is 18.2 Å². The number of thioether (sulfide) groups is 1. The van der Waals surface area contributed by atoms with Crippen LogP contribution in [0.2, 0.25) is 0 Å². The van der Waals surface area contributed by atoms with Crippen LogP contribution in [0.1, 0.15) is 25.7 Å². The maximum atomic E-state index is 12.2. The van der Waals surface area contributed by atoms with Crippen LogP contribution in [-0.4, -0.2) is 32.7 Å². The average molecular weight is 407 g/mol. The summed E-state index contributed by atoms with van der Waals surface area (Å²) in [4.78, 5) is 28.2. The lowest BCUT2D eigenvalue weighted by Crippen LogP contribution is -2.14. The largest absolute Gasteiger partial charge is 0.325 e. The zero-order valence-corrected chi connectivity index (χ0v) is 16.6. The molecule has 1 aliphatic carbocycles. The molecule has 1 aromatic carbocycles. The Morgan fingerprint density at radius 1 is 1.07 bits per heavy atom. The van der Waals surface area contributed by atoms with Crippen LogP contribution >= 0.6 is 11.8 Å². The van der Waals surface area contributed by atoms with Gasteiger partial charge in [0.1, 0.15) is 5.03 Å². The number of amides is 2. The molecule has 0 bridgehead atoms. The molecule has 1 fully saturated rings. The molecule has 2 heterocycles. The SMILES string of the molecule is O=C(CCCSc1ccc(NC(=O)C2CC2)nn1)Nc1cnc2ccccc2c1. The monoisotopic (exact) mass is 407 g/mol. The van der Waals surface area contributed by atoms with E-state index in [4.69, 9.17) is 0 Å². The van der Waals surface area contributed by atoms with Gasteiger partial charge in [0.2, 0.25) is 11.8 Å². The van der Waals surface area contributed by atoms with Crippen LogP contribution in [0, 0.1) is 5.92 Å². The van der Waals surface area contributed by atoms with Gasteiger partial charge in [0.05, 0.1) is 17.4 Å². The standard InChI is InChI=1S/C21H21N5O2S/c27-19(23-16-12-15-4-1-2-5-17(15)22-13-16)6-3-11-29-20-10-9-18(25-26-20)24-21(28)14-7-8-14/h1-2,4-5,9-10,12-14H,3,6-8,11H2,(H,23,27)(H,24,25,28).